The summed E-state index contributed by atoms with van der Waals surface area (Å²) in [7, 11) is 0. The van der Waals surface area contributed by atoms with E-state index in [1.165, 1.54) is 0 Å². The molecule has 13 heavy (non-hydrogen) atoms. The summed E-state index contributed by atoms with van der Waals surface area (Å²) < 4.78 is 5.27. The molecule has 0 unspecified atom stereocenters. The van der Waals surface area contributed by atoms with Crippen molar-refractivity contribution >= 4 is 21.8 Å². The van der Waals surface area contributed by atoms with E-state index in [-0.39, 0.29) is 10.7 Å². The standard InChI is InChI=1S/C9H14BrNO2/c10-8-1-4-11(9(8)12)7-2-5-13-6-3-7/h7-8H,1-6H2/t8-/m1/s1. The van der Waals surface area contributed by atoms with E-state index in [1.807, 2.05) is 4.90 Å². The molecule has 2 saturated heterocycles. The van der Waals surface area contributed by atoms with Crippen molar-refractivity contribution in [3.05, 3.63) is 0 Å². The van der Waals surface area contributed by atoms with E-state index in [9.17, 15) is 4.79 Å². The third-order valence-corrected chi connectivity index (χ3v) is 3.66. The Hall–Kier alpha value is -0.0900. The molecular formula is C9H14BrNO2. The van der Waals surface area contributed by atoms with Crippen molar-refractivity contribution < 1.29 is 9.53 Å². The van der Waals surface area contributed by atoms with Gasteiger partial charge < -0.3 is 9.64 Å². The van der Waals surface area contributed by atoms with Crippen LogP contribution in [0.1, 0.15) is 19.3 Å². The normalized spacial score (nSPS) is 31.3. The SMILES string of the molecule is O=C1[C@H](Br)CCN1C1CCOCC1. The molecule has 74 valence electrons. The van der Waals surface area contributed by atoms with Crippen molar-refractivity contribution in [3.8, 4) is 0 Å². The third kappa shape index (κ3) is 1.89. The lowest BCUT2D eigenvalue weighted by Gasteiger charge is -2.30. The number of hydrogen-bond acceptors (Lipinski definition) is 2. The lowest BCUT2D eigenvalue weighted by Crippen LogP contribution is -2.41. The number of nitrogens with zero attached hydrogens (tertiary/aromatic N) is 1. The topological polar surface area (TPSA) is 29.5 Å². The van der Waals surface area contributed by atoms with Gasteiger partial charge in [0, 0.05) is 25.8 Å². The Morgan fingerprint density at radius 3 is 2.54 bits per heavy atom. The third-order valence-electron chi connectivity index (χ3n) is 2.81. The zero-order chi connectivity index (χ0) is 9.26. The van der Waals surface area contributed by atoms with E-state index >= 15 is 0 Å². The van der Waals surface area contributed by atoms with Crippen LogP contribution in [0.3, 0.4) is 0 Å². The maximum Gasteiger partial charge on any atom is 0.236 e. The molecule has 0 aliphatic carbocycles. The Morgan fingerprint density at radius 2 is 2.00 bits per heavy atom. The zero-order valence-electron chi connectivity index (χ0n) is 7.54. The number of carbonyl (C=O) groups excluding carboxylic acids is 1. The van der Waals surface area contributed by atoms with Crippen molar-refractivity contribution in [2.45, 2.75) is 30.1 Å². The van der Waals surface area contributed by atoms with Crippen LogP contribution in [0.2, 0.25) is 0 Å². The van der Waals surface area contributed by atoms with E-state index in [2.05, 4.69) is 15.9 Å². The molecule has 2 aliphatic rings. The number of alkyl halides is 1. The molecule has 2 rings (SSSR count). The fourth-order valence-corrected chi connectivity index (χ4v) is 2.49. The van der Waals surface area contributed by atoms with Crippen molar-refractivity contribution in [1.29, 1.82) is 0 Å². The van der Waals surface area contributed by atoms with Crippen LogP contribution < -0.4 is 0 Å². The summed E-state index contributed by atoms with van der Waals surface area (Å²) in [5.74, 6) is 0.270. The molecule has 0 aromatic rings. The summed E-state index contributed by atoms with van der Waals surface area (Å²) in [4.78, 5) is 13.7. The van der Waals surface area contributed by atoms with E-state index in [0.29, 0.717) is 6.04 Å². The highest BCUT2D eigenvalue weighted by molar-refractivity contribution is 9.10. The number of hydrogen-bond donors (Lipinski definition) is 0. The van der Waals surface area contributed by atoms with Crippen LogP contribution in [0.5, 0.6) is 0 Å². The van der Waals surface area contributed by atoms with Gasteiger partial charge in [-0.1, -0.05) is 15.9 Å². The first kappa shape index (κ1) is 9.46. The highest BCUT2D eigenvalue weighted by Gasteiger charge is 2.34. The van der Waals surface area contributed by atoms with E-state index in [4.69, 9.17) is 4.74 Å². The number of ether oxygens (including phenoxy) is 1. The maximum atomic E-state index is 11.6. The maximum absolute atomic E-state index is 11.6. The molecule has 2 aliphatic heterocycles. The van der Waals surface area contributed by atoms with Gasteiger partial charge in [0.25, 0.3) is 0 Å². The van der Waals surface area contributed by atoms with Crippen molar-refractivity contribution in [2.24, 2.45) is 0 Å². The van der Waals surface area contributed by atoms with Gasteiger partial charge >= 0.3 is 0 Å². The van der Waals surface area contributed by atoms with Gasteiger partial charge in [-0.2, -0.15) is 0 Å². The van der Waals surface area contributed by atoms with Gasteiger partial charge in [-0.25, -0.2) is 0 Å². The molecule has 3 nitrogen and oxygen atoms in total. The fraction of sp³-hybridized carbons (Fsp3) is 0.889. The van der Waals surface area contributed by atoms with Crippen LogP contribution in [0.15, 0.2) is 0 Å². The Bertz CT molecular complexity index is 204. The molecule has 0 aromatic heterocycles. The van der Waals surface area contributed by atoms with Gasteiger partial charge in [-0.3, -0.25) is 4.79 Å². The Balaban J connectivity index is 1.96. The number of likely N-dealkylation sites (tertiary alicyclic amines) is 1. The highest BCUT2D eigenvalue weighted by Crippen LogP contribution is 2.24. The molecule has 0 radical (unpaired) electrons. The quantitative estimate of drug-likeness (QED) is 0.652. The van der Waals surface area contributed by atoms with E-state index < -0.39 is 0 Å². The summed E-state index contributed by atoms with van der Waals surface area (Å²) in [6.45, 7) is 2.53. The number of carbonyl (C=O) groups is 1. The molecular weight excluding hydrogens is 234 g/mol. The second-order valence-electron chi connectivity index (χ2n) is 3.63. The molecule has 0 N–H and O–H groups in total. The summed E-state index contributed by atoms with van der Waals surface area (Å²) in [6, 6.07) is 0.434. The average molecular weight is 248 g/mol. The second kappa shape index (κ2) is 3.96. The zero-order valence-corrected chi connectivity index (χ0v) is 9.13. The van der Waals surface area contributed by atoms with Crippen molar-refractivity contribution in [1.82, 2.24) is 4.90 Å². The van der Waals surface area contributed by atoms with Crippen LogP contribution in [0.4, 0.5) is 0 Å². The van der Waals surface area contributed by atoms with E-state index in [1.54, 1.807) is 0 Å². The molecule has 4 heteroatoms. The fourth-order valence-electron chi connectivity index (χ4n) is 2.03. The monoisotopic (exact) mass is 247 g/mol. The Morgan fingerprint density at radius 1 is 1.31 bits per heavy atom. The van der Waals surface area contributed by atoms with Gasteiger partial charge in [-0.15, -0.1) is 0 Å². The van der Waals surface area contributed by atoms with Crippen LogP contribution >= 0.6 is 15.9 Å². The number of halogens is 1. The second-order valence-corrected chi connectivity index (χ2v) is 4.74. The largest absolute Gasteiger partial charge is 0.381 e. The highest BCUT2D eigenvalue weighted by atomic mass is 79.9. The van der Waals surface area contributed by atoms with Gasteiger partial charge in [0.1, 0.15) is 0 Å². The van der Waals surface area contributed by atoms with Gasteiger partial charge in [0.15, 0.2) is 0 Å². The lowest BCUT2D eigenvalue weighted by molar-refractivity contribution is -0.130. The Kier molecular flexibility index (Phi) is 2.89. The molecule has 2 heterocycles. The first-order chi connectivity index (χ1) is 6.29. The van der Waals surface area contributed by atoms with Crippen LogP contribution in [-0.4, -0.2) is 41.4 Å². The van der Waals surface area contributed by atoms with Gasteiger partial charge in [-0.05, 0) is 19.3 Å². The summed E-state index contributed by atoms with van der Waals surface area (Å²) in [5.41, 5.74) is 0. The molecule has 0 spiro atoms. The smallest absolute Gasteiger partial charge is 0.236 e. The average Bonchev–Trinajstić information content (AvgIpc) is 2.49. The minimum atomic E-state index is 0.0651. The predicted molar refractivity (Wildman–Crippen MR) is 52.9 cm³/mol. The molecule has 0 bridgehead atoms. The molecule has 2 fully saturated rings. The number of rotatable bonds is 1. The van der Waals surface area contributed by atoms with E-state index in [0.717, 1.165) is 39.0 Å². The lowest BCUT2D eigenvalue weighted by atomic mass is 10.1. The van der Waals surface area contributed by atoms with Gasteiger partial charge in [0.2, 0.25) is 5.91 Å². The summed E-state index contributed by atoms with van der Waals surface area (Å²) in [5, 5.41) is 0. The predicted octanol–water partition coefficient (Wildman–Crippen LogP) is 1.16. The molecule has 1 atom stereocenters. The first-order valence-corrected chi connectivity index (χ1v) is 5.73. The first-order valence-electron chi connectivity index (χ1n) is 4.81. The van der Waals surface area contributed by atoms with Crippen molar-refractivity contribution in [3.63, 3.8) is 0 Å². The Labute approximate surface area is 86.5 Å². The van der Waals surface area contributed by atoms with Crippen LogP contribution in [0.25, 0.3) is 0 Å². The minimum absolute atomic E-state index is 0.0651. The molecule has 1 amide bonds. The summed E-state index contributed by atoms with van der Waals surface area (Å²) >= 11 is 3.39. The van der Waals surface area contributed by atoms with Crippen LogP contribution in [0, 0.1) is 0 Å². The van der Waals surface area contributed by atoms with Crippen LogP contribution in [-0.2, 0) is 9.53 Å². The molecule has 0 saturated carbocycles. The molecule has 0 aromatic carbocycles. The minimum Gasteiger partial charge on any atom is -0.381 e. The van der Waals surface area contributed by atoms with Gasteiger partial charge in [0.05, 0.1) is 4.83 Å². The number of amides is 1. The van der Waals surface area contributed by atoms with Crippen molar-refractivity contribution in [2.75, 3.05) is 19.8 Å². The summed E-state index contributed by atoms with van der Waals surface area (Å²) in [6.07, 6.45) is 2.97.